The minimum atomic E-state index is -0.544. The molecule has 9 heteroatoms. The zero-order valence-electron chi connectivity index (χ0n) is 18.3. The molecule has 1 heterocycles. The zero-order valence-corrected chi connectivity index (χ0v) is 18.3. The molecule has 0 saturated carbocycles. The van der Waals surface area contributed by atoms with Gasteiger partial charge in [-0.3, -0.25) is 4.79 Å². The lowest BCUT2D eigenvalue weighted by atomic mass is 9.98. The number of hydrogen-bond donors (Lipinski definition) is 3. The van der Waals surface area contributed by atoms with Gasteiger partial charge in [0.05, 0.1) is 0 Å². The van der Waals surface area contributed by atoms with Gasteiger partial charge in [-0.2, -0.15) is 0 Å². The van der Waals surface area contributed by atoms with Gasteiger partial charge in [-0.25, -0.2) is 9.89 Å². The molecular formula is C23H29N7O2. The van der Waals surface area contributed by atoms with E-state index in [1.165, 1.54) is 4.90 Å². The SMILES string of the molecule is CCCCCCNC(=O)N(CC(N)=O)Cc1ccc(-c2ccccc2-c2nnn[nH]2)cc1. The molecule has 0 aliphatic heterocycles. The molecule has 0 aliphatic rings. The first-order chi connectivity index (χ1) is 15.6. The second-order valence-corrected chi connectivity index (χ2v) is 7.61. The molecule has 0 radical (unpaired) electrons. The molecule has 0 spiro atoms. The fourth-order valence-electron chi connectivity index (χ4n) is 3.47. The van der Waals surface area contributed by atoms with Crippen LogP contribution in [0, 0.1) is 0 Å². The summed E-state index contributed by atoms with van der Waals surface area (Å²) in [5, 5.41) is 17.0. The Labute approximate surface area is 187 Å². The summed E-state index contributed by atoms with van der Waals surface area (Å²) in [5.41, 5.74) is 9.12. The number of H-pyrrole nitrogens is 1. The second-order valence-electron chi connectivity index (χ2n) is 7.61. The van der Waals surface area contributed by atoms with E-state index in [0.717, 1.165) is 47.9 Å². The number of primary amides is 1. The molecular weight excluding hydrogens is 406 g/mol. The predicted octanol–water partition coefficient (Wildman–Crippen LogP) is 3.11. The molecule has 0 bridgehead atoms. The molecule has 168 valence electrons. The molecule has 0 atom stereocenters. The molecule has 9 nitrogen and oxygen atoms in total. The Morgan fingerprint density at radius 3 is 2.44 bits per heavy atom. The average molecular weight is 436 g/mol. The van der Waals surface area contributed by atoms with Gasteiger partial charge in [0.2, 0.25) is 5.91 Å². The Morgan fingerprint density at radius 1 is 1.03 bits per heavy atom. The first-order valence-corrected chi connectivity index (χ1v) is 10.8. The summed E-state index contributed by atoms with van der Waals surface area (Å²) in [6, 6.07) is 15.4. The van der Waals surface area contributed by atoms with E-state index >= 15 is 0 Å². The van der Waals surface area contributed by atoms with E-state index in [1.54, 1.807) is 0 Å². The highest BCUT2D eigenvalue weighted by Gasteiger charge is 2.16. The number of nitrogens with one attached hydrogen (secondary N) is 2. The first kappa shape index (κ1) is 22.9. The van der Waals surface area contributed by atoms with Crippen LogP contribution in [0.1, 0.15) is 38.2 Å². The highest BCUT2D eigenvalue weighted by atomic mass is 16.2. The van der Waals surface area contributed by atoms with E-state index in [-0.39, 0.29) is 19.1 Å². The third-order valence-corrected chi connectivity index (χ3v) is 5.11. The molecule has 3 amide bonds. The maximum absolute atomic E-state index is 12.6. The Hall–Kier alpha value is -3.75. The summed E-state index contributed by atoms with van der Waals surface area (Å²) in [6.07, 6.45) is 4.26. The van der Waals surface area contributed by atoms with Crippen LogP contribution in [0.25, 0.3) is 22.5 Å². The third kappa shape index (κ3) is 6.37. The largest absolute Gasteiger partial charge is 0.368 e. The molecule has 4 N–H and O–H groups in total. The molecule has 2 aromatic carbocycles. The van der Waals surface area contributed by atoms with Crippen molar-refractivity contribution < 1.29 is 9.59 Å². The highest BCUT2D eigenvalue weighted by molar-refractivity contribution is 5.83. The van der Waals surface area contributed by atoms with Crippen LogP contribution in [0.5, 0.6) is 0 Å². The van der Waals surface area contributed by atoms with E-state index in [4.69, 9.17) is 5.73 Å². The molecule has 1 aromatic heterocycles. The lowest BCUT2D eigenvalue weighted by Crippen LogP contribution is -2.44. The number of nitrogens with zero attached hydrogens (tertiary/aromatic N) is 4. The number of rotatable bonds is 11. The normalized spacial score (nSPS) is 10.7. The number of benzene rings is 2. The number of nitrogens with two attached hydrogens (primary N) is 1. The standard InChI is InChI=1S/C23H29N7O2/c1-2-3-4-7-14-25-23(32)30(16-21(24)31)15-17-10-12-18(13-11-17)19-8-5-6-9-20(19)22-26-28-29-27-22/h5-6,8-13H,2-4,7,14-16H2,1H3,(H2,24,31)(H,25,32)(H,26,27,28,29). The van der Waals surface area contributed by atoms with E-state index < -0.39 is 5.91 Å². The van der Waals surface area contributed by atoms with Crippen LogP contribution >= 0.6 is 0 Å². The van der Waals surface area contributed by atoms with Crippen LogP contribution in [0.4, 0.5) is 4.79 Å². The van der Waals surface area contributed by atoms with E-state index in [9.17, 15) is 9.59 Å². The Bertz CT molecular complexity index is 1000. The number of aromatic nitrogens is 4. The molecule has 3 aromatic rings. The lowest BCUT2D eigenvalue weighted by Gasteiger charge is -2.22. The van der Waals surface area contributed by atoms with Gasteiger partial charge in [0, 0.05) is 18.7 Å². The van der Waals surface area contributed by atoms with Gasteiger partial charge < -0.3 is 16.0 Å². The minimum absolute atomic E-state index is 0.135. The summed E-state index contributed by atoms with van der Waals surface area (Å²) >= 11 is 0. The zero-order chi connectivity index (χ0) is 22.8. The van der Waals surface area contributed by atoms with Gasteiger partial charge in [-0.05, 0) is 33.5 Å². The van der Waals surface area contributed by atoms with Crippen LogP contribution < -0.4 is 11.1 Å². The number of unbranched alkanes of at least 4 members (excludes halogenated alkanes) is 3. The van der Waals surface area contributed by atoms with Crippen LogP contribution in [-0.4, -0.2) is 50.6 Å². The predicted molar refractivity (Wildman–Crippen MR) is 122 cm³/mol. The van der Waals surface area contributed by atoms with Crippen molar-refractivity contribution in [2.75, 3.05) is 13.1 Å². The first-order valence-electron chi connectivity index (χ1n) is 10.8. The van der Waals surface area contributed by atoms with Crippen molar-refractivity contribution in [1.82, 2.24) is 30.8 Å². The lowest BCUT2D eigenvalue weighted by molar-refractivity contribution is -0.118. The smallest absolute Gasteiger partial charge is 0.318 e. The second kappa shape index (κ2) is 11.6. The quantitative estimate of drug-likeness (QED) is 0.398. The Balaban J connectivity index is 1.69. The topological polar surface area (TPSA) is 130 Å². The molecule has 3 rings (SSSR count). The van der Waals surface area contributed by atoms with Crippen molar-refractivity contribution in [2.45, 2.75) is 39.2 Å². The number of amides is 3. The summed E-state index contributed by atoms with van der Waals surface area (Å²) in [7, 11) is 0. The maximum Gasteiger partial charge on any atom is 0.318 e. The number of tetrazole rings is 1. The third-order valence-electron chi connectivity index (χ3n) is 5.11. The number of aromatic amines is 1. The Morgan fingerprint density at radius 2 is 1.78 bits per heavy atom. The highest BCUT2D eigenvalue weighted by Crippen LogP contribution is 2.29. The van der Waals surface area contributed by atoms with E-state index in [1.807, 2.05) is 48.5 Å². The van der Waals surface area contributed by atoms with Crippen LogP contribution in [-0.2, 0) is 11.3 Å². The van der Waals surface area contributed by atoms with Gasteiger partial charge in [-0.15, -0.1) is 5.10 Å². The number of carbonyl (C=O) groups excluding carboxylic acids is 2. The minimum Gasteiger partial charge on any atom is -0.368 e. The summed E-state index contributed by atoms with van der Waals surface area (Å²) in [5.74, 6) is 0.0465. The average Bonchev–Trinajstić information content (AvgIpc) is 3.33. The van der Waals surface area contributed by atoms with E-state index in [2.05, 4.69) is 32.9 Å². The Kier molecular flexibility index (Phi) is 8.30. The molecule has 0 aliphatic carbocycles. The molecule has 32 heavy (non-hydrogen) atoms. The van der Waals surface area contributed by atoms with Gasteiger partial charge in [-0.1, -0.05) is 74.7 Å². The van der Waals surface area contributed by atoms with Crippen molar-refractivity contribution in [3.63, 3.8) is 0 Å². The maximum atomic E-state index is 12.6. The monoisotopic (exact) mass is 435 g/mol. The number of hydrogen-bond acceptors (Lipinski definition) is 5. The van der Waals surface area contributed by atoms with Crippen LogP contribution in [0.15, 0.2) is 48.5 Å². The number of carbonyl (C=O) groups is 2. The van der Waals surface area contributed by atoms with Gasteiger partial charge in [0.25, 0.3) is 0 Å². The van der Waals surface area contributed by atoms with Crippen molar-refractivity contribution in [3.05, 3.63) is 54.1 Å². The molecule has 0 unspecified atom stereocenters. The van der Waals surface area contributed by atoms with Crippen LogP contribution in [0.2, 0.25) is 0 Å². The fraction of sp³-hybridized carbons (Fsp3) is 0.348. The fourth-order valence-corrected chi connectivity index (χ4v) is 3.47. The summed E-state index contributed by atoms with van der Waals surface area (Å²) in [6.45, 7) is 2.88. The van der Waals surface area contributed by atoms with Crippen molar-refractivity contribution >= 4 is 11.9 Å². The number of urea groups is 1. The summed E-state index contributed by atoms with van der Waals surface area (Å²) in [4.78, 5) is 25.5. The van der Waals surface area contributed by atoms with Gasteiger partial charge >= 0.3 is 6.03 Å². The van der Waals surface area contributed by atoms with Crippen molar-refractivity contribution in [1.29, 1.82) is 0 Å². The van der Waals surface area contributed by atoms with Gasteiger partial charge in [0.1, 0.15) is 6.54 Å². The van der Waals surface area contributed by atoms with Crippen molar-refractivity contribution in [3.8, 4) is 22.5 Å². The summed E-state index contributed by atoms with van der Waals surface area (Å²) < 4.78 is 0. The van der Waals surface area contributed by atoms with Crippen LogP contribution in [0.3, 0.4) is 0 Å². The van der Waals surface area contributed by atoms with E-state index in [0.29, 0.717) is 12.4 Å². The van der Waals surface area contributed by atoms with Gasteiger partial charge in [0.15, 0.2) is 5.82 Å². The molecule has 0 fully saturated rings. The van der Waals surface area contributed by atoms with Crippen molar-refractivity contribution in [2.24, 2.45) is 5.73 Å². The molecule has 0 saturated heterocycles.